The van der Waals surface area contributed by atoms with Crippen LogP contribution >= 0.6 is 0 Å². The number of rotatable bonds is 9. The van der Waals surface area contributed by atoms with E-state index in [1.165, 1.54) is 16.9 Å². The summed E-state index contributed by atoms with van der Waals surface area (Å²) < 4.78 is 107. The summed E-state index contributed by atoms with van der Waals surface area (Å²) in [6.45, 7) is 0. The first kappa shape index (κ1) is 31.6. The number of nitrogens with zero attached hydrogens (tertiary/aromatic N) is 4. The number of hydrogen-bond acceptors (Lipinski definition) is 5. The molecule has 1 unspecified atom stereocenters. The number of carbonyl (C=O) groups is 2. The molecule has 238 valence electrons. The molecule has 2 N–H and O–H groups in total. The maximum atomic E-state index is 14.0. The van der Waals surface area contributed by atoms with E-state index in [-0.39, 0.29) is 35.7 Å². The van der Waals surface area contributed by atoms with Gasteiger partial charge in [0.1, 0.15) is 0 Å². The lowest BCUT2D eigenvalue weighted by Crippen LogP contribution is -2.37. The lowest BCUT2D eigenvalue weighted by atomic mass is 9.81. The number of pyridine rings is 1. The third-order valence-corrected chi connectivity index (χ3v) is 7.93. The van der Waals surface area contributed by atoms with Crippen LogP contribution in [0, 0.1) is 11.8 Å². The van der Waals surface area contributed by atoms with Gasteiger partial charge in [-0.3, -0.25) is 14.6 Å². The second-order valence-electron chi connectivity index (χ2n) is 11.4. The van der Waals surface area contributed by atoms with Gasteiger partial charge in [0.05, 0.1) is 47.7 Å². The lowest BCUT2D eigenvalue weighted by molar-refractivity contribution is -0.144. The monoisotopic (exact) mass is 632 g/mol. The van der Waals surface area contributed by atoms with Crippen molar-refractivity contribution in [3.05, 3.63) is 59.3 Å². The SMILES string of the molecule is O=C(CCC(F)(F)F)NC(c1cnn2cc([C@@H](NC(=O)c3cncc(C(F)(F)F)c3)C3CCC(F)(F)CC3)nc2c1)C1CC1. The molecule has 5 rings (SSSR count). The number of amides is 2. The Morgan fingerprint density at radius 2 is 1.61 bits per heavy atom. The summed E-state index contributed by atoms with van der Waals surface area (Å²) >= 11 is 0. The first-order valence-electron chi connectivity index (χ1n) is 14.0. The van der Waals surface area contributed by atoms with Gasteiger partial charge >= 0.3 is 12.4 Å². The maximum Gasteiger partial charge on any atom is 0.417 e. The Balaban J connectivity index is 1.41. The first-order valence-corrected chi connectivity index (χ1v) is 14.0. The quantitative estimate of drug-likeness (QED) is 0.268. The van der Waals surface area contributed by atoms with Crippen molar-refractivity contribution in [2.24, 2.45) is 11.8 Å². The van der Waals surface area contributed by atoms with Crippen LogP contribution in [-0.4, -0.2) is 43.5 Å². The molecule has 3 aromatic rings. The Bertz CT molecular complexity index is 1510. The van der Waals surface area contributed by atoms with Gasteiger partial charge in [-0.25, -0.2) is 18.3 Å². The van der Waals surface area contributed by atoms with Crippen molar-refractivity contribution >= 4 is 17.5 Å². The topological polar surface area (TPSA) is 101 Å². The number of alkyl halides is 8. The van der Waals surface area contributed by atoms with Crippen molar-refractivity contribution in [1.29, 1.82) is 0 Å². The molecule has 2 atom stereocenters. The summed E-state index contributed by atoms with van der Waals surface area (Å²) in [5.41, 5.74) is -0.502. The van der Waals surface area contributed by atoms with Gasteiger partial charge in [0.25, 0.3) is 5.91 Å². The molecular formula is C28H28F8N6O2. The first-order chi connectivity index (χ1) is 20.6. The van der Waals surface area contributed by atoms with Crippen LogP contribution in [0.25, 0.3) is 5.65 Å². The molecule has 44 heavy (non-hydrogen) atoms. The molecule has 2 saturated carbocycles. The average Bonchev–Trinajstić information content (AvgIpc) is 3.70. The van der Waals surface area contributed by atoms with Crippen LogP contribution in [0.3, 0.4) is 0 Å². The van der Waals surface area contributed by atoms with E-state index in [4.69, 9.17) is 0 Å². The summed E-state index contributed by atoms with van der Waals surface area (Å²) in [6.07, 6.45) is -6.10. The fourth-order valence-corrected chi connectivity index (χ4v) is 5.41. The standard InChI is InChI=1S/C28H28F8N6O2/c29-26(30)6-3-16(4-7-26)24(41-25(44)18-9-19(13-37-11-18)28(34,35)36)20-14-42-21(39-20)10-17(12-38-42)23(15-1-2-15)40-22(43)5-8-27(31,32)33/h9-16,23-24H,1-8H2,(H,40,43)(H,41,44)/t23?,24-/m0/s1. The molecule has 16 heteroatoms. The molecule has 2 aliphatic rings. The fourth-order valence-electron chi connectivity index (χ4n) is 5.41. The third-order valence-electron chi connectivity index (χ3n) is 7.93. The molecule has 0 bridgehead atoms. The Morgan fingerprint density at radius 3 is 2.25 bits per heavy atom. The summed E-state index contributed by atoms with van der Waals surface area (Å²) in [5, 5.41) is 9.62. The van der Waals surface area contributed by atoms with Crippen LogP contribution in [0.1, 0.15) is 90.6 Å². The van der Waals surface area contributed by atoms with Crippen LogP contribution in [0.4, 0.5) is 35.1 Å². The van der Waals surface area contributed by atoms with Gasteiger partial charge in [-0.2, -0.15) is 31.4 Å². The minimum atomic E-state index is -4.74. The van der Waals surface area contributed by atoms with E-state index < -0.39 is 79.3 Å². The molecule has 8 nitrogen and oxygen atoms in total. The van der Waals surface area contributed by atoms with Crippen molar-refractivity contribution in [2.75, 3.05) is 0 Å². The van der Waals surface area contributed by atoms with E-state index in [0.29, 0.717) is 17.8 Å². The van der Waals surface area contributed by atoms with Gasteiger partial charge < -0.3 is 10.6 Å². The van der Waals surface area contributed by atoms with E-state index in [1.807, 2.05) is 0 Å². The molecule has 3 aromatic heterocycles. The average molecular weight is 633 g/mol. The summed E-state index contributed by atoms with van der Waals surface area (Å²) in [4.78, 5) is 33.4. The number of halogens is 8. The number of imidazole rings is 1. The zero-order valence-corrected chi connectivity index (χ0v) is 23.1. The van der Waals surface area contributed by atoms with E-state index in [0.717, 1.165) is 19.0 Å². The van der Waals surface area contributed by atoms with Gasteiger partial charge in [-0.1, -0.05) is 0 Å². The van der Waals surface area contributed by atoms with Gasteiger partial charge in [0.2, 0.25) is 11.8 Å². The predicted octanol–water partition coefficient (Wildman–Crippen LogP) is 6.35. The Labute approximate surface area is 245 Å². The molecule has 0 aromatic carbocycles. The minimum Gasteiger partial charge on any atom is -0.349 e. The highest BCUT2D eigenvalue weighted by Gasteiger charge is 2.40. The largest absolute Gasteiger partial charge is 0.417 e. The van der Waals surface area contributed by atoms with Crippen LogP contribution in [-0.2, 0) is 11.0 Å². The zero-order valence-electron chi connectivity index (χ0n) is 23.1. The van der Waals surface area contributed by atoms with Crippen LogP contribution in [0.2, 0.25) is 0 Å². The van der Waals surface area contributed by atoms with E-state index in [2.05, 4.69) is 25.7 Å². The van der Waals surface area contributed by atoms with Crippen molar-refractivity contribution < 1.29 is 44.7 Å². The number of nitrogens with one attached hydrogen (secondary N) is 2. The third kappa shape index (κ3) is 7.80. The lowest BCUT2D eigenvalue weighted by Gasteiger charge is -2.33. The highest BCUT2D eigenvalue weighted by Crippen LogP contribution is 2.43. The number of aromatic nitrogens is 4. The number of carbonyl (C=O) groups excluding carboxylic acids is 2. The second-order valence-corrected chi connectivity index (χ2v) is 11.4. The van der Waals surface area contributed by atoms with Gasteiger partial charge in [0, 0.05) is 31.7 Å². The van der Waals surface area contributed by atoms with E-state index in [9.17, 15) is 44.7 Å². The van der Waals surface area contributed by atoms with Crippen molar-refractivity contribution in [1.82, 2.24) is 30.2 Å². The van der Waals surface area contributed by atoms with Crippen molar-refractivity contribution in [2.45, 2.75) is 81.7 Å². The normalized spacial score (nSPS) is 19.0. The minimum absolute atomic E-state index is 0.000494. The number of fused-ring (bicyclic) bond motifs is 1. The highest BCUT2D eigenvalue weighted by atomic mass is 19.4. The van der Waals surface area contributed by atoms with Crippen molar-refractivity contribution in [3.8, 4) is 0 Å². The molecule has 0 spiro atoms. The molecule has 0 saturated heterocycles. The van der Waals surface area contributed by atoms with Gasteiger partial charge in [-0.15, -0.1) is 0 Å². The number of hydrogen-bond donors (Lipinski definition) is 2. The Hall–Kier alpha value is -3.85. The molecule has 0 aliphatic heterocycles. The van der Waals surface area contributed by atoms with Crippen LogP contribution < -0.4 is 10.6 Å². The Kier molecular flexibility index (Phi) is 8.55. The van der Waals surface area contributed by atoms with Gasteiger partial charge in [0.15, 0.2) is 5.65 Å². The molecule has 0 radical (unpaired) electrons. The smallest absolute Gasteiger partial charge is 0.349 e. The zero-order chi connectivity index (χ0) is 31.9. The molecular weight excluding hydrogens is 604 g/mol. The molecule has 2 fully saturated rings. The maximum absolute atomic E-state index is 14.0. The van der Waals surface area contributed by atoms with Crippen molar-refractivity contribution in [3.63, 3.8) is 0 Å². The summed E-state index contributed by atoms with van der Waals surface area (Å²) in [7, 11) is 0. The van der Waals surface area contributed by atoms with E-state index in [1.54, 1.807) is 6.07 Å². The molecule has 3 heterocycles. The fraction of sp³-hybridized carbons (Fsp3) is 0.536. The molecule has 2 amide bonds. The second kappa shape index (κ2) is 11.9. The Morgan fingerprint density at radius 1 is 0.932 bits per heavy atom. The van der Waals surface area contributed by atoms with Crippen LogP contribution in [0.5, 0.6) is 0 Å². The van der Waals surface area contributed by atoms with Crippen LogP contribution in [0.15, 0.2) is 36.9 Å². The highest BCUT2D eigenvalue weighted by molar-refractivity contribution is 5.94. The van der Waals surface area contributed by atoms with Gasteiger partial charge in [-0.05, 0) is 55.2 Å². The summed E-state index contributed by atoms with van der Waals surface area (Å²) in [5.74, 6) is -5.06. The summed E-state index contributed by atoms with van der Waals surface area (Å²) in [6, 6.07) is 0.679. The predicted molar refractivity (Wildman–Crippen MR) is 138 cm³/mol. The molecule has 2 aliphatic carbocycles. The van der Waals surface area contributed by atoms with E-state index >= 15 is 0 Å².